The van der Waals surface area contributed by atoms with Gasteiger partial charge in [-0.15, -0.1) is 13.2 Å². The maximum Gasteiger partial charge on any atom is 0.522 e. The first kappa shape index (κ1) is 25.9. The maximum atomic E-state index is 15.1. The quantitative estimate of drug-likeness (QED) is 0.308. The second kappa shape index (κ2) is 9.32. The Bertz CT molecular complexity index is 548. The van der Waals surface area contributed by atoms with Gasteiger partial charge in [-0.3, -0.25) is 4.74 Å². The first-order chi connectivity index (χ1) is 13.1. The molecule has 0 N–H and O–H groups in total. The van der Waals surface area contributed by atoms with E-state index >= 15 is 8.78 Å². The predicted molar refractivity (Wildman–Crippen MR) is 94.6 cm³/mol. The molecule has 1 rings (SSSR count). The van der Waals surface area contributed by atoms with E-state index < -0.39 is 54.0 Å². The van der Waals surface area contributed by atoms with Crippen LogP contribution in [0.3, 0.4) is 0 Å². The van der Waals surface area contributed by atoms with E-state index in [1.165, 1.54) is 20.8 Å². The van der Waals surface area contributed by atoms with Crippen LogP contribution < -0.4 is 0 Å². The second-order valence-electron chi connectivity index (χ2n) is 8.61. The monoisotopic (exact) mass is 434 g/mol. The van der Waals surface area contributed by atoms with Gasteiger partial charge in [0.1, 0.15) is 12.7 Å². The van der Waals surface area contributed by atoms with E-state index in [-0.39, 0.29) is 19.6 Å². The van der Waals surface area contributed by atoms with Crippen LogP contribution in [0.5, 0.6) is 0 Å². The Balaban J connectivity index is 3.10. The minimum atomic E-state index is -5.23. The maximum absolute atomic E-state index is 15.1. The standard InChI is InChI=1S/C19H31F5O5/c1-7-16(3,4)13(26-10-12-11-27-15(25)28-12)9-14(29-19(22,23)24)18(20,21)17(5,6)8-2/h12-14H,7-11H2,1-6H3. The molecule has 0 bridgehead atoms. The fraction of sp³-hybridized carbons (Fsp3) is 0.947. The summed E-state index contributed by atoms with van der Waals surface area (Å²) in [4.78, 5) is 11.0. The van der Waals surface area contributed by atoms with Crippen LogP contribution in [-0.4, -0.2) is 50.0 Å². The van der Waals surface area contributed by atoms with Crippen molar-refractivity contribution in [1.82, 2.24) is 0 Å². The Kier molecular flexibility index (Phi) is 8.32. The van der Waals surface area contributed by atoms with Gasteiger partial charge in [0.05, 0.1) is 12.7 Å². The van der Waals surface area contributed by atoms with Crippen LogP contribution in [0.1, 0.15) is 60.8 Å². The van der Waals surface area contributed by atoms with Crippen LogP contribution in [0.4, 0.5) is 26.7 Å². The smallest absolute Gasteiger partial charge is 0.430 e. The number of halogens is 5. The van der Waals surface area contributed by atoms with Gasteiger partial charge < -0.3 is 14.2 Å². The molecule has 0 aromatic rings. The van der Waals surface area contributed by atoms with Crippen LogP contribution in [0.2, 0.25) is 0 Å². The number of hydrogen-bond donors (Lipinski definition) is 0. The fourth-order valence-corrected chi connectivity index (χ4v) is 2.81. The summed E-state index contributed by atoms with van der Waals surface area (Å²) in [6.45, 7) is 8.84. The van der Waals surface area contributed by atoms with Crippen molar-refractivity contribution in [3.05, 3.63) is 0 Å². The number of cyclic esters (lactones) is 2. The first-order valence-corrected chi connectivity index (χ1v) is 9.63. The van der Waals surface area contributed by atoms with Crippen molar-refractivity contribution in [2.45, 2.75) is 91.4 Å². The molecule has 10 heteroatoms. The van der Waals surface area contributed by atoms with Gasteiger partial charge in [0.2, 0.25) is 0 Å². The van der Waals surface area contributed by atoms with E-state index in [1.807, 2.05) is 0 Å². The lowest BCUT2D eigenvalue weighted by molar-refractivity contribution is -0.377. The third-order valence-electron chi connectivity index (χ3n) is 5.81. The molecular weight excluding hydrogens is 403 g/mol. The van der Waals surface area contributed by atoms with Crippen LogP contribution in [0.25, 0.3) is 0 Å². The average molecular weight is 434 g/mol. The van der Waals surface area contributed by atoms with E-state index in [2.05, 4.69) is 9.47 Å². The molecule has 0 saturated carbocycles. The number of carbonyl (C=O) groups is 1. The topological polar surface area (TPSA) is 54.0 Å². The summed E-state index contributed by atoms with van der Waals surface area (Å²) >= 11 is 0. The molecule has 172 valence electrons. The molecule has 1 heterocycles. The zero-order valence-corrected chi connectivity index (χ0v) is 17.7. The zero-order valence-electron chi connectivity index (χ0n) is 17.7. The van der Waals surface area contributed by atoms with Crippen LogP contribution in [-0.2, 0) is 18.9 Å². The molecular formula is C19H31F5O5. The molecule has 1 aliphatic rings. The number of rotatable bonds is 11. The van der Waals surface area contributed by atoms with E-state index in [1.54, 1.807) is 20.8 Å². The highest BCUT2D eigenvalue weighted by Crippen LogP contribution is 2.47. The number of carbonyl (C=O) groups excluding carboxylic acids is 1. The van der Waals surface area contributed by atoms with Crippen molar-refractivity contribution < 1.29 is 45.7 Å². The number of alkyl halides is 5. The van der Waals surface area contributed by atoms with E-state index in [0.29, 0.717) is 6.42 Å². The van der Waals surface area contributed by atoms with Crippen molar-refractivity contribution in [2.75, 3.05) is 13.2 Å². The molecule has 3 unspecified atom stereocenters. The predicted octanol–water partition coefficient (Wildman–Crippen LogP) is 5.71. The molecule has 1 saturated heterocycles. The number of ether oxygens (including phenoxy) is 4. The van der Waals surface area contributed by atoms with Gasteiger partial charge in [-0.05, 0) is 18.3 Å². The normalized spacial score (nSPS) is 20.9. The molecule has 29 heavy (non-hydrogen) atoms. The molecule has 0 aromatic carbocycles. The highest BCUT2D eigenvalue weighted by Gasteiger charge is 2.56. The molecule has 0 spiro atoms. The van der Waals surface area contributed by atoms with Crippen molar-refractivity contribution in [1.29, 1.82) is 0 Å². The molecule has 1 fully saturated rings. The number of hydrogen-bond acceptors (Lipinski definition) is 5. The Morgan fingerprint density at radius 3 is 2.03 bits per heavy atom. The zero-order chi connectivity index (χ0) is 22.7. The lowest BCUT2D eigenvalue weighted by Gasteiger charge is -2.42. The SMILES string of the molecule is CCC(C)(C)C(CC(OC(F)(F)F)C(F)(F)C(C)(C)CC)OCC1COC(=O)O1. The largest absolute Gasteiger partial charge is 0.522 e. The van der Waals surface area contributed by atoms with E-state index in [9.17, 15) is 18.0 Å². The molecule has 0 aromatic heterocycles. The summed E-state index contributed by atoms with van der Waals surface area (Å²) in [5, 5.41) is 0. The van der Waals surface area contributed by atoms with Gasteiger partial charge in [0.25, 0.3) is 5.92 Å². The van der Waals surface area contributed by atoms with Crippen LogP contribution in [0, 0.1) is 10.8 Å². The van der Waals surface area contributed by atoms with Gasteiger partial charge in [-0.25, -0.2) is 13.6 Å². The molecule has 3 atom stereocenters. The van der Waals surface area contributed by atoms with E-state index in [0.717, 1.165) is 0 Å². The third-order valence-corrected chi connectivity index (χ3v) is 5.81. The van der Waals surface area contributed by atoms with Gasteiger partial charge in [0, 0.05) is 11.8 Å². The highest BCUT2D eigenvalue weighted by molar-refractivity contribution is 5.61. The fourth-order valence-electron chi connectivity index (χ4n) is 2.81. The first-order valence-electron chi connectivity index (χ1n) is 9.63. The molecule has 1 aliphatic heterocycles. The summed E-state index contributed by atoms with van der Waals surface area (Å²) in [5.41, 5.74) is -2.46. The summed E-state index contributed by atoms with van der Waals surface area (Å²) in [6.07, 6.45) is -10.6. The average Bonchev–Trinajstić information content (AvgIpc) is 3.01. The van der Waals surface area contributed by atoms with Gasteiger partial charge >= 0.3 is 12.5 Å². The Morgan fingerprint density at radius 2 is 1.62 bits per heavy atom. The summed E-state index contributed by atoms with van der Waals surface area (Å²) in [6, 6.07) is 0. The minimum Gasteiger partial charge on any atom is -0.430 e. The lowest BCUT2D eigenvalue weighted by Crippen LogP contribution is -2.52. The van der Waals surface area contributed by atoms with Crippen molar-refractivity contribution in [3.63, 3.8) is 0 Å². The highest BCUT2D eigenvalue weighted by atomic mass is 19.4. The molecule has 0 amide bonds. The van der Waals surface area contributed by atoms with E-state index in [4.69, 9.17) is 9.47 Å². The Labute approximate surface area is 168 Å². The van der Waals surface area contributed by atoms with Crippen LogP contribution >= 0.6 is 0 Å². The van der Waals surface area contributed by atoms with Crippen molar-refractivity contribution in [2.24, 2.45) is 10.8 Å². The van der Waals surface area contributed by atoms with Crippen molar-refractivity contribution in [3.8, 4) is 0 Å². The molecule has 0 radical (unpaired) electrons. The van der Waals surface area contributed by atoms with Crippen molar-refractivity contribution >= 4 is 6.16 Å². The van der Waals surface area contributed by atoms with Gasteiger partial charge in [-0.2, -0.15) is 0 Å². The second-order valence-corrected chi connectivity index (χ2v) is 8.61. The molecule has 5 nitrogen and oxygen atoms in total. The Hall–Kier alpha value is -1.16. The van der Waals surface area contributed by atoms with Gasteiger partial charge in [0.15, 0.2) is 6.10 Å². The minimum absolute atomic E-state index is 0.0459. The summed E-state index contributed by atoms with van der Waals surface area (Å²) < 4.78 is 88.1. The summed E-state index contributed by atoms with van der Waals surface area (Å²) in [5.74, 6) is -3.77. The third kappa shape index (κ3) is 6.94. The van der Waals surface area contributed by atoms with Gasteiger partial charge in [-0.1, -0.05) is 41.5 Å². The Morgan fingerprint density at radius 1 is 1.03 bits per heavy atom. The lowest BCUT2D eigenvalue weighted by atomic mass is 9.75. The van der Waals surface area contributed by atoms with Crippen LogP contribution in [0.15, 0.2) is 0 Å². The molecule has 0 aliphatic carbocycles. The summed E-state index contributed by atoms with van der Waals surface area (Å²) in [7, 11) is 0.